The van der Waals surface area contributed by atoms with E-state index in [-0.39, 0.29) is 0 Å². The van der Waals surface area contributed by atoms with Gasteiger partial charge in [0.05, 0.1) is 5.56 Å². The van der Waals surface area contributed by atoms with E-state index in [4.69, 9.17) is 4.74 Å². The van der Waals surface area contributed by atoms with Gasteiger partial charge in [-0.15, -0.1) is 0 Å². The first kappa shape index (κ1) is 12.8. The molecule has 0 saturated heterocycles. The molecule has 1 heterocycles. The lowest BCUT2D eigenvalue weighted by molar-refractivity contribution is 0.0734. The fraction of sp³-hybridized carbons (Fsp3) is 0.143. The third-order valence-corrected chi connectivity index (χ3v) is 2.78. The minimum atomic E-state index is -0.409. The van der Waals surface area contributed by atoms with E-state index in [1.165, 1.54) is 6.20 Å². The Morgan fingerprint density at radius 2 is 1.78 bits per heavy atom. The molecule has 3 nitrogen and oxygen atoms in total. The number of hydrogen-bond acceptors (Lipinski definition) is 3. The molecule has 0 N–H and O–H groups in total. The minimum Gasteiger partial charge on any atom is -0.423 e. The lowest BCUT2D eigenvalue weighted by Gasteiger charge is -2.06. The molecular weight excluding hydrogens is 294 g/mol. The van der Waals surface area contributed by atoms with Crippen LogP contribution in [0.5, 0.6) is 5.75 Å². The van der Waals surface area contributed by atoms with Crippen molar-refractivity contribution in [2.75, 3.05) is 0 Å². The highest BCUT2D eigenvalue weighted by atomic mass is 79.9. The predicted molar refractivity (Wildman–Crippen MR) is 72.8 cm³/mol. The molecule has 0 aliphatic carbocycles. The Bertz CT molecular complexity index is 576. The van der Waals surface area contributed by atoms with Crippen LogP contribution in [0, 0.1) is 13.8 Å². The minimum absolute atomic E-state index is 0.409. The van der Waals surface area contributed by atoms with E-state index in [9.17, 15) is 4.79 Å². The number of carbonyl (C=O) groups excluding carboxylic acids is 1. The van der Waals surface area contributed by atoms with Gasteiger partial charge in [-0.1, -0.05) is 6.07 Å². The van der Waals surface area contributed by atoms with Crippen molar-refractivity contribution in [2.24, 2.45) is 0 Å². The van der Waals surface area contributed by atoms with Gasteiger partial charge in [-0.2, -0.15) is 0 Å². The highest BCUT2D eigenvalue weighted by Gasteiger charge is 2.09. The van der Waals surface area contributed by atoms with E-state index in [1.807, 2.05) is 32.0 Å². The van der Waals surface area contributed by atoms with Gasteiger partial charge < -0.3 is 4.74 Å². The van der Waals surface area contributed by atoms with Crippen molar-refractivity contribution in [3.05, 3.63) is 57.8 Å². The van der Waals surface area contributed by atoms with Crippen molar-refractivity contribution in [3.63, 3.8) is 0 Å². The quantitative estimate of drug-likeness (QED) is 0.627. The molecule has 0 spiro atoms. The molecule has 0 radical (unpaired) electrons. The van der Waals surface area contributed by atoms with Gasteiger partial charge in [-0.3, -0.25) is 4.98 Å². The molecule has 0 atom stereocenters. The summed E-state index contributed by atoms with van der Waals surface area (Å²) in [5.74, 6) is 0.145. The van der Waals surface area contributed by atoms with E-state index >= 15 is 0 Å². The van der Waals surface area contributed by atoms with Crippen molar-refractivity contribution in [1.82, 2.24) is 4.98 Å². The van der Waals surface area contributed by atoms with Crippen molar-refractivity contribution >= 4 is 21.9 Å². The highest BCUT2D eigenvalue weighted by molar-refractivity contribution is 9.10. The van der Waals surface area contributed by atoms with Crippen LogP contribution in [0.4, 0.5) is 0 Å². The molecule has 0 amide bonds. The molecule has 92 valence electrons. The second kappa shape index (κ2) is 5.31. The molecule has 1 aromatic carbocycles. The van der Waals surface area contributed by atoms with Gasteiger partial charge in [0, 0.05) is 16.9 Å². The fourth-order valence-corrected chi connectivity index (χ4v) is 2.05. The van der Waals surface area contributed by atoms with E-state index in [0.29, 0.717) is 11.3 Å². The van der Waals surface area contributed by atoms with E-state index in [2.05, 4.69) is 20.9 Å². The van der Waals surface area contributed by atoms with E-state index < -0.39 is 5.97 Å². The molecule has 4 heteroatoms. The second-order valence-electron chi connectivity index (χ2n) is 4.10. The van der Waals surface area contributed by atoms with Gasteiger partial charge >= 0.3 is 5.97 Å². The maximum Gasteiger partial charge on any atom is 0.345 e. The van der Waals surface area contributed by atoms with Crippen molar-refractivity contribution in [1.29, 1.82) is 0 Å². The number of rotatable bonds is 2. The van der Waals surface area contributed by atoms with E-state index in [1.54, 1.807) is 12.3 Å². The summed E-state index contributed by atoms with van der Waals surface area (Å²) >= 11 is 3.27. The van der Waals surface area contributed by atoms with Crippen molar-refractivity contribution in [3.8, 4) is 5.75 Å². The molecular formula is C14H12BrNO2. The highest BCUT2D eigenvalue weighted by Crippen LogP contribution is 2.18. The number of carbonyl (C=O) groups is 1. The number of esters is 1. The smallest absolute Gasteiger partial charge is 0.345 e. The molecule has 0 unspecified atom stereocenters. The number of pyridine rings is 1. The van der Waals surface area contributed by atoms with Crippen molar-refractivity contribution in [2.45, 2.75) is 13.8 Å². The standard InChI is InChI=1S/C14H12BrNO2/c1-9-3-10(2)5-13(4-9)18-14(17)11-6-12(15)8-16-7-11/h3-8H,1-2H3. The summed E-state index contributed by atoms with van der Waals surface area (Å²) in [4.78, 5) is 15.8. The Kier molecular flexibility index (Phi) is 3.77. The summed E-state index contributed by atoms with van der Waals surface area (Å²) in [6, 6.07) is 7.36. The molecule has 0 bridgehead atoms. The summed E-state index contributed by atoms with van der Waals surface area (Å²) in [6.07, 6.45) is 3.10. The normalized spacial score (nSPS) is 10.2. The first-order chi connectivity index (χ1) is 8.54. The summed E-state index contributed by atoms with van der Waals surface area (Å²) in [5, 5.41) is 0. The molecule has 18 heavy (non-hydrogen) atoms. The van der Waals surface area contributed by atoms with Crippen LogP contribution in [0.2, 0.25) is 0 Å². The third kappa shape index (κ3) is 3.17. The Balaban J connectivity index is 2.21. The first-order valence-electron chi connectivity index (χ1n) is 5.45. The Hall–Kier alpha value is -1.68. The summed E-state index contributed by atoms with van der Waals surface area (Å²) in [6.45, 7) is 3.93. The predicted octanol–water partition coefficient (Wildman–Crippen LogP) is 3.68. The lowest BCUT2D eigenvalue weighted by atomic mass is 10.1. The zero-order valence-electron chi connectivity index (χ0n) is 10.1. The van der Waals surface area contributed by atoms with Gasteiger partial charge in [-0.25, -0.2) is 4.79 Å². The van der Waals surface area contributed by atoms with Crippen molar-refractivity contribution < 1.29 is 9.53 Å². The van der Waals surface area contributed by atoms with Gasteiger partial charge in [0.1, 0.15) is 5.75 Å². The van der Waals surface area contributed by atoms with Crippen LogP contribution < -0.4 is 4.74 Å². The fourth-order valence-electron chi connectivity index (χ4n) is 1.68. The number of hydrogen-bond donors (Lipinski definition) is 0. The summed E-state index contributed by atoms with van der Waals surface area (Å²) in [5.41, 5.74) is 2.54. The largest absolute Gasteiger partial charge is 0.423 e. The number of aryl methyl sites for hydroxylation is 2. The average molecular weight is 306 g/mol. The SMILES string of the molecule is Cc1cc(C)cc(OC(=O)c2cncc(Br)c2)c1. The van der Waals surface area contributed by atoms with Gasteiger partial charge in [0.25, 0.3) is 0 Å². The number of ether oxygens (including phenoxy) is 1. The summed E-state index contributed by atoms with van der Waals surface area (Å²) in [7, 11) is 0. The van der Waals surface area contributed by atoms with Gasteiger partial charge in [0.15, 0.2) is 0 Å². The zero-order valence-corrected chi connectivity index (χ0v) is 11.7. The lowest BCUT2D eigenvalue weighted by Crippen LogP contribution is -2.09. The molecule has 0 aliphatic heterocycles. The van der Waals surface area contributed by atoms with Gasteiger partial charge in [-0.05, 0) is 59.1 Å². The molecule has 0 aliphatic rings. The maximum absolute atomic E-state index is 11.9. The van der Waals surface area contributed by atoms with Crippen LogP contribution in [-0.4, -0.2) is 11.0 Å². The number of aromatic nitrogens is 1. The number of nitrogens with zero attached hydrogens (tertiary/aromatic N) is 1. The maximum atomic E-state index is 11.9. The van der Waals surface area contributed by atoms with Crippen LogP contribution in [0.1, 0.15) is 21.5 Å². The van der Waals surface area contributed by atoms with Crippen LogP contribution in [0.25, 0.3) is 0 Å². The molecule has 1 aromatic heterocycles. The Morgan fingerprint density at radius 3 is 2.39 bits per heavy atom. The number of benzene rings is 1. The second-order valence-corrected chi connectivity index (χ2v) is 5.02. The van der Waals surface area contributed by atoms with E-state index in [0.717, 1.165) is 15.6 Å². The average Bonchev–Trinajstić information content (AvgIpc) is 2.27. The Morgan fingerprint density at radius 1 is 1.11 bits per heavy atom. The van der Waals surface area contributed by atoms with Crippen LogP contribution >= 0.6 is 15.9 Å². The molecule has 2 rings (SSSR count). The van der Waals surface area contributed by atoms with Crippen LogP contribution in [0.3, 0.4) is 0 Å². The number of halogens is 1. The first-order valence-corrected chi connectivity index (χ1v) is 6.25. The third-order valence-electron chi connectivity index (χ3n) is 2.35. The van der Waals surface area contributed by atoms with Crippen LogP contribution in [-0.2, 0) is 0 Å². The summed E-state index contributed by atoms with van der Waals surface area (Å²) < 4.78 is 6.06. The molecule has 0 saturated carbocycles. The molecule has 2 aromatic rings. The topological polar surface area (TPSA) is 39.2 Å². The monoisotopic (exact) mass is 305 g/mol. The molecule has 0 fully saturated rings. The van der Waals surface area contributed by atoms with Gasteiger partial charge in [0.2, 0.25) is 0 Å². The zero-order chi connectivity index (χ0) is 13.1. The van der Waals surface area contributed by atoms with Crippen LogP contribution in [0.15, 0.2) is 41.1 Å². The Labute approximate surface area is 114 Å².